The molecule has 0 saturated carbocycles. The molecule has 1 amide bonds. The maximum atomic E-state index is 12.7. The van der Waals surface area contributed by atoms with E-state index >= 15 is 0 Å². The fourth-order valence-corrected chi connectivity index (χ4v) is 3.41. The molecule has 0 radical (unpaired) electrons. The lowest BCUT2D eigenvalue weighted by atomic mass is 9.81. The van der Waals surface area contributed by atoms with Crippen LogP contribution in [0.2, 0.25) is 0 Å². The maximum Gasteiger partial charge on any atom is 0.223 e. The number of hydrogen-bond donors (Lipinski definition) is 11. The monoisotopic (exact) mass is 485 g/mol. The molecule has 0 fully saturated rings. The summed E-state index contributed by atoms with van der Waals surface area (Å²) < 4.78 is 0. The molecule has 198 valence electrons. The molecular weight excluding hydrogens is 442 g/mol. The first-order valence-corrected chi connectivity index (χ1v) is 11.1. The second-order valence-corrected chi connectivity index (χ2v) is 9.73. The lowest BCUT2D eigenvalue weighted by Gasteiger charge is -2.29. The molecule has 11 N–H and O–H groups in total. The average molecular weight is 486 g/mol. The van der Waals surface area contributed by atoms with Crippen molar-refractivity contribution < 1.29 is 55.9 Å². The van der Waals surface area contributed by atoms with Gasteiger partial charge in [0.25, 0.3) is 0 Å². The smallest absolute Gasteiger partial charge is 0.223 e. The largest absolute Gasteiger partial charge is 0.394 e. The maximum absolute atomic E-state index is 12.7. The van der Waals surface area contributed by atoms with Gasteiger partial charge in [0, 0.05) is 12.5 Å². The average Bonchev–Trinajstić information content (AvgIpc) is 2.77. The Bertz CT molecular complexity index is 545. The van der Waals surface area contributed by atoms with Crippen LogP contribution in [-0.4, -0.2) is 126 Å². The molecule has 1 unspecified atom stereocenters. The molecule has 0 rings (SSSR count). The summed E-state index contributed by atoms with van der Waals surface area (Å²) in [4.78, 5) is 12.7. The Labute approximate surface area is 194 Å². The van der Waals surface area contributed by atoms with Crippen molar-refractivity contribution in [3.05, 3.63) is 0 Å². The zero-order chi connectivity index (χ0) is 25.9. The van der Waals surface area contributed by atoms with E-state index in [1.807, 2.05) is 20.8 Å². The molecule has 12 heteroatoms. The summed E-state index contributed by atoms with van der Waals surface area (Å²) in [5.74, 6) is -1.00. The van der Waals surface area contributed by atoms with E-state index in [2.05, 4.69) is 5.32 Å². The lowest BCUT2D eigenvalue weighted by molar-refractivity contribution is -0.130. The topological polar surface area (TPSA) is 231 Å². The van der Waals surface area contributed by atoms with E-state index in [-0.39, 0.29) is 24.7 Å². The van der Waals surface area contributed by atoms with Gasteiger partial charge < -0.3 is 56.4 Å². The SMILES string of the molecule is CC(C)(C)CC(CCC[C@H](O)[C@@H](O)[C@H](O)[C@H](O)CO)C(=O)NC[C@H](O)[C@@H](O)[C@H](O)[C@H](O)CO. The number of amides is 1. The first-order valence-electron chi connectivity index (χ1n) is 11.1. The van der Waals surface area contributed by atoms with Crippen LogP contribution < -0.4 is 5.32 Å². The first-order chi connectivity index (χ1) is 15.2. The van der Waals surface area contributed by atoms with Crippen LogP contribution in [0.1, 0.15) is 46.5 Å². The second kappa shape index (κ2) is 15.1. The Morgan fingerprint density at radius 1 is 0.697 bits per heavy atom. The molecule has 0 saturated heterocycles. The molecule has 0 aromatic carbocycles. The normalized spacial score (nSPS) is 20.8. The zero-order valence-electron chi connectivity index (χ0n) is 19.5. The minimum absolute atomic E-state index is 0.0108. The highest BCUT2D eigenvalue weighted by atomic mass is 16.4. The Balaban J connectivity index is 4.88. The van der Waals surface area contributed by atoms with Crippen LogP contribution in [0, 0.1) is 11.3 Å². The summed E-state index contributed by atoms with van der Waals surface area (Å²) in [5, 5.41) is 98.0. The standard InChI is InChI=1S/C21H43NO11/c1-21(2,3)7-11(5-4-6-12(25)16(29)18(31)14(27)9-23)20(33)22-8-13(26)17(30)19(32)15(28)10-24/h11-19,23-32H,4-10H2,1-3H3,(H,22,33)/t11?,12-,13-,14+,15+,16+,17+,18+,19+/m0/s1. The fraction of sp³-hybridized carbons (Fsp3) is 0.952. The molecule has 0 bridgehead atoms. The third-order valence-electron chi connectivity index (χ3n) is 5.42. The number of aliphatic hydroxyl groups excluding tert-OH is 10. The van der Waals surface area contributed by atoms with Gasteiger partial charge in [0.05, 0.1) is 25.4 Å². The van der Waals surface area contributed by atoms with E-state index < -0.39 is 80.4 Å². The summed E-state index contributed by atoms with van der Waals surface area (Å²) in [5.41, 5.74) is -0.249. The van der Waals surface area contributed by atoms with Gasteiger partial charge in [-0.15, -0.1) is 0 Å². The van der Waals surface area contributed by atoms with E-state index in [9.17, 15) is 45.6 Å². The summed E-state index contributed by atoms with van der Waals surface area (Å²) >= 11 is 0. The summed E-state index contributed by atoms with van der Waals surface area (Å²) in [6, 6.07) is 0. The van der Waals surface area contributed by atoms with Gasteiger partial charge in [-0.2, -0.15) is 0 Å². The third kappa shape index (κ3) is 11.9. The molecule has 0 aliphatic carbocycles. The predicted molar refractivity (Wildman–Crippen MR) is 117 cm³/mol. The van der Waals surface area contributed by atoms with E-state index in [0.29, 0.717) is 6.42 Å². The van der Waals surface area contributed by atoms with Gasteiger partial charge in [0.2, 0.25) is 5.91 Å². The Hall–Kier alpha value is -0.930. The third-order valence-corrected chi connectivity index (χ3v) is 5.42. The Kier molecular flexibility index (Phi) is 14.7. The van der Waals surface area contributed by atoms with E-state index in [1.54, 1.807) is 0 Å². The highest BCUT2D eigenvalue weighted by molar-refractivity contribution is 5.78. The van der Waals surface area contributed by atoms with Gasteiger partial charge >= 0.3 is 0 Å². The Morgan fingerprint density at radius 3 is 1.55 bits per heavy atom. The minimum atomic E-state index is -1.81. The van der Waals surface area contributed by atoms with Crippen LogP contribution in [0.15, 0.2) is 0 Å². The summed E-state index contributed by atoms with van der Waals surface area (Å²) in [7, 11) is 0. The van der Waals surface area contributed by atoms with Gasteiger partial charge in [0.15, 0.2) is 0 Å². The highest BCUT2D eigenvalue weighted by Gasteiger charge is 2.32. The molecule has 0 heterocycles. The van der Waals surface area contributed by atoms with Crippen LogP contribution in [-0.2, 0) is 4.79 Å². The van der Waals surface area contributed by atoms with Crippen molar-refractivity contribution in [3.63, 3.8) is 0 Å². The minimum Gasteiger partial charge on any atom is -0.394 e. The number of carbonyl (C=O) groups is 1. The summed E-state index contributed by atoms with van der Waals surface area (Å²) in [6.07, 6.45) is -12.3. The van der Waals surface area contributed by atoms with Crippen molar-refractivity contribution in [1.82, 2.24) is 5.32 Å². The molecule has 12 nitrogen and oxygen atoms in total. The number of rotatable bonds is 16. The number of nitrogens with one attached hydrogen (secondary N) is 1. The van der Waals surface area contributed by atoms with Crippen LogP contribution in [0.3, 0.4) is 0 Å². The highest BCUT2D eigenvalue weighted by Crippen LogP contribution is 2.28. The van der Waals surface area contributed by atoms with Crippen molar-refractivity contribution in [2.45, 2.75) is 95.3 Å². The van der Waals surface area contributed by atoms with Gasteiger partial charge in [-0.05, 0) is 31.1 Å². The van der Waals surface area contributed by atoms with Crippen molar-refractivity contribution in [2.75, 3.05) is 19.8 Å². The van der Waals surface area contributed by atoms with E-state index in [0.717, 1.165) is 0 Å². The van der Waals surface area contributed by atoms with Crippen molar-refractivity contribution >= 4 is 5.91 Å². The Morgan fingerprint density at radius 2 is 1.12 bits per heavy atom. The van der Waals surface area contributed by atoms with Gasteiger partial charge in [0.1, 0.15) is 36.6 Å². The summed E-state index contributed by atoms with van der Waals surface area (Å²) in [6.45, 7) is 3.75. The number of aliphatic hydroxyl groups is 10. The quantitative estimate of drug-likeness (QED) is 0.101. The van der Waals surface area contributed by atoms with Gasteiger partial charge in [-0.1, -0.05) is 20.8 Å². The van der Waals surface area contributed by atoms with Gasteiger partial charge in [-0.3, -0.25) is 4.79 Å². The van der Waals surface area contributed by atoms with Crippen LogP contribution in [0.4, 0.5) is 0 Å². The molecular formula is C21H43NO11. The number of carbonyl (C=O) groups excluding carboxylic acids is 1. The zero-order valence-corrected chi connectivity index (χ0v) is 19.5. The van der Waals surface area contributed by atoms with Gasteiger partial charge in [-0.25, -0.2) is 0 Å². The first kappa shape index (κ1) is 32.1. The number of hydrogen-bond acceptors (Lipinski definition) is 11. The molecule has 0 aromatic rings. The molecule has 9 atom stereocenters. The van der Waals surface area contributed by atoms with E-state index in [1.165, 1.54) is 0 Å². The lowest BCUT2D eigenvalue weighted by Crippen LogP contribution is -2.50. The van der Waals surface area contributed by atoms with Crippen LogP contribution in [0.25, 0.3) is 0 Å². The molecule has 0 aliphatic rings. The molecule has 0 aromatic heterocycles. The van der Waals surface area contributed by atoms with Crippen LogP contribution >= 0.6 is 0 Å². The molecule has 0 spiro atoms. The van der Waals surface area contributed by atoms with Crippen LogP contribution in [0.5, 0.6) is 0 Å². The second-order valence-electron chi connectivity index (χ2n) is 9.73. The molecule has 33 heavy (non-hydrogen) atoms. The predicted octanol–water partition coefficient (Wildman–Crippen LogP) is -3.80. The molecule has 0 aliphatic heterocycles. The van der Waals surface area contributed by atoms with Crippen molar-refractivity contribution in [1.29, 1.82) is 0 Å². The van der Waals surface area contributed by atoms with Crippen molar-refractivity contribution in [3.8, 4) is 0 Å². The van der Waals surface area contributed by atoms with E-state index in [4.69, 9.17) is 10.2 Å². The fourth-order valence-electron chi connectivity index (χ4n) is 3.41. The van der Waals surface area contributed by atoms with Crippen molar-refractivity contribution in [2.24, 2.45) is 11.3 Å².